The molecule has 108 valence electrons. The molecule has 20 heavy (non-hydrogen) atoms. The van der Waals surface area contributed by atoms with E-state index in [-0.39, 0.29) is 17.3 Å². The first-order valence-corrected chi connectivity index (χ1v) is 6.45. The highest BCUT2D eigenvalue weighted by Gasteiger charge is 2.25. The molecule has 0 saturated heterocycles. The summed E-state index contributed by atoms with van der Waals surface area (Å²) in [6.45, 7) is 0. The molecule has 0 radical (unpaired) electrons. The lowest BCUT2D eigenvalue weighted by Gasteiger charge is -2.29. The van der Waals surface area contributed by atoms with Crippen molar-refractivity contribution >= 4 is 17.3 Å². The van der Waals surface area contributed by atoms with E-state index in [1.165, 1.54) is 12.1 Å². The zero-order chi connectivity index (χ0) is 14.7. The Morgan fingerprint density at radius 1 is 1.35 bits per heavy atom. The van der Waals surface area contributed by atoms with Crippen molar-refractivity contribution in [3.05, 3.63) is 33.9 Å². The van der Waals surface area contributed by atoms with Crippen LogP contribution in [-0.4, -0.2) is 33.3 Å². The molecule has 0 heterocycles. The molecule has 1 aliphatic rings. The minimum absolute atomic E-state index is 0.156. The fourth-order valence-electron chi connectivity index (χ4n) is 2.43. The van der Waals surface area contributed by atoms with Gasteiger partial charge in [-0.05, 0) is 18.9 Å². The summed E-state index contributed by atoms with van der Waals surface area (Å²) in [5.41, 5.74) is -0.122. The highest BCUT2D eigenvalue weighted by Crippen LogP contribution is 2.27. The molecule has 0 spiro atoms. The number of rotatable bonds is 4. The number of carboxylic acid groups (broad SMARTS) is 1. The number of anilines is 1. The Morgan fingerprint density at radius 2 is 2.05 bits per heavy atom. The van der Waals surface area contributed by atoms with Crippen LogP contribution in [0.1, 0.15) is 36.0 Å². The second kappa shape index (κ2) is 5.87. The zero-order valence-electron chi connectivity index (χ0n) is 10.8. The van der Waals surface area contributed by atoms with Crippen LogP contribution in [0.4, 0.5) is 11.4 Å². The summed E-state index contributed by atoms with van der Waals surface area (Å²) in [5, 5.41) is 32.7. The van der Waals surface area contributed by atoms with Crippen LogP contribution in [0.15, 0.2) is 18.2 Å². The molecule has 2 atom stereocenters. The van der Waals surface area contributed by atoms with Crippen LogP contribution in [0.25, 0.3) is 0 Å². The van der Waals surface area contributed by atoms with E-state index < -0.39 is 17.0 Å². The number of benzene rings is 1. The van der Waals surface area contributed by atoms with E-state index >= 15 is 0 Å². The van der Waals surface area contributed by atoms with Gasteiger partial charge >= 0.3 is 5.97 Å². The molecule has 2 rings (SSSR count). The summed E-state index contributed by atoms with van der Waals surface area (Å²) in [6.07, 6.45) is 2.81. The van der Waals surface area contributed by atoms with Crippen molar-refractivity contribution in [2.24, 2.45) is 0 Å². The van der Waals surface area contributed by atoms with Gasteiger partial charge in [-0.15, -0.1) is 0 Å². The topological polar surface area (TPSA) is 113 Å². The average molecular weight is 280 g/mol. The minimum Gasteiger partial charge on any atom is -0.478 e. The maximum absolute atomic E-state index is 11.2. The van der Waals surface area contributed by atoms with Crippen LogP contribution in [0.2, 0.25) is 0 Å². The Labute approximate surface area is 115 Å². The number of nitrogens with one attached hydrogen (secondary N) is 1. The molecule has 3 N–H and O–H groups in total. The van der Waals surface area contributed by atoms with Crippen LogP contribution in [0, 0.1) is 10.1 Å². The highest BCUT2D eigenvalue weighted by atomic mass is 16.6. The number of aromatic carboxylic acids is 1. The van der Waals surface area contributed by atoms with Gasteiger partial charge in [0, 0.05) is 17.8 Å². The van der Waals surface area contributed by atoms with E-state index in [1.807, 2.05) is 0 Å². The number of non-ortho nitro benzene ring substituents is 1. The first-order chi connectivity index (χ1) is 9.49. The van der Waals surface area contributed by atoms with Gasteiger partial charge in [-0.25, -0.2) is 4.79 Å². The van der Waals surface area contributed by atoms with Gasteiger partial charge < -0.3 is 15.5 Å². The van der Waals surface area contributed by atoms with E-state index in [9.17, 15) is 20.0 Å². The Kier molecular flexibility index (Phi) is 4.19. The van der Waals surface area contributed by atoms with Gasteiger partial charge in [0.25, 0.3) is 5.69 Å². The fraction of sp³-hybridized carbons (Fsp3) is 0.462. The minimum atomic E-state index is -1.23. The highest BCUT2D eigenvalue weighted by molar-refractivity contribution is 5.95. The van der Waals surface area contributed by atoms with Crippen LogP contribution in [0.3, 0.4) is 0 Å². The average Bonchev–Trinajstić information content (AvgIpc) is 2.41. The van der Waals surface area contributed by atoms with Gasteiger partial charge in [-0.1, -0.05) is 12.8 Å². The van der Waals surface area contributed by atoms with Gasteiger partial charge in [0.15, 0.2) is 0 Å². The number of nitro groups is 1. The van der Waals surface area contributed by atoms with E-state index in [0.717, 1.165) is 25.3 Å². The molecule has 1 saturated carbocycles. The van der Waals surface area contributed by atoms with E-state index in [4.69, 9.17) is 5.11 Å². The Hall–Kier alpha value is -2.15. The van der Waals surface area contributed by atoms with Crippen LogP contribution < -0.4 is 5.32 Å². The van der Waals surface area contributed by atoms with Crippen molar-refractivity contribution in [2.75, 3.05) is 5.32 Å². The summed E-state index contributed by atoms with van der Waals surface area (Å²) in [6, 6.07) is 3.44. The van der Waals surface area contributed by atoms with Gasteiger partial charge in [0.1, 0.15) is 0 Å². The first-order valence-electron chi connectivity index (χ1n) is 6.45. The number of nitro benzene ring substituents is 1. The number of carboxylic acids is 1. The van der Waals surface area contributed by atoms with Crippen molar-refractivity contribution in [1.29, 1.82) is 0 Å². The molecule has 0 amide bonds. The fourth-order valence-corrected chi connectivity index (χ4v) is 2.43. The quantitative estimate of drug-likeness (QED) is 0.574. The number of nitrogens with zero attached hydrogens (tertiary/aromatic N) is 1. The normalized spacial score (nSPS) is 22.2. The predicted molar refractivity (Wildman–Crippen MR) is 71.9 cm³/mol. The number of carbonyl (C=O) groups is 1. The molecule has 1 aliphatic carbocycles. The molecule has 7 heteroatoms. The molecule has 0 aliphatic heterocycles. The number of aliphatic hydroxyl groups excluding tert-OH is 1. The van der Waals surface area contributed by atoms with E-state index in [1.54, 1.807) is 0 Å². The van der Waals surface area contributed by atoms with Crippen LogP contribution in [-0.2, 0) is 0 Å². The zero-order valence-corrected chi connectivity index (χ0v) is 10.8. The molecule has 7 nitrogen and oxygen atoms in total. The standard InChI is InChI=1S/C13H16N2O5/c16-12-4-2-1-3-11(12)14-10-6-5-8(15(19)20)7-9(10)13(17)18/h5-7,11-12,14,16H,1-4H2,(H,17,18). The summed E-state index contributed by atoms with van der Waals surface area (Å²) < 4.78 is 0. The van der Waals surface area contributed by atoms with Gasteiger partial charge in [0.2, 0.25) is 0 Å². The van der Waals surface area contributed by atoms with Crippen molar-refractivity contribution in [1.82, 2.24) is 0 Å². The maximum Gasteiger partial charge on any atom is 0.338 e. The molecule has 2 unspecified atom stereocenters. The monoisotopic (exact) mass is 280 g/mol. The third-order valence-electron chi connectivity index (χ3n) is 3.51. The molecular formula is C13H16N2O5. The van der Waals surface area contributed by atoms with Crippen molar-refractivity contribution < 1.29 is 19.9 Å². The summed E-state index contributed by atoms with van der Waals surface area (Å²) >= 11 is 0. The summed E-state index contributed by atoms with van der Waals surface area (Å²) in [7, 11) is 0. The number of hydrogen-bond donors (Lipinski definition) is 3. The van der Waals surface area contributed by atoms with Gasteiger partial charge in [0.05, 0.1) is 22.6 Å². The molecule has 1 aromatic rings. The van der Waals surface area contributed by atoms with Gasteiger partial charge in [-0.3, -0.25) is 10.1 Å². The van der Waals surface area contributed by atoms with Crippen molar-refractivity contribution in [3.63, 3.8) is 0 Å². The Bertz CT molecular complexity index is 531. The summed E-state index contributed by atoms with van der Waals surface area (Å²) in [5.74, 6) is -1.23. The Morgan fingerprint density at radius 3 is 2.65 bits per heavy atom. The number of aliphatic hydroxyl groups is 1. The van der Waals surface area contributed by atoms with Gasteiger partial charge in [-0.2, -0.15) is 0 Å². The second-order valence-electron chi connectivity index (χ2n) is 4.89. The molecule has 1 aromatic carbocycles. The third-order valence-corrected chi connectivity index (χ3v) is 3.51. The van der Waals surface area contributed by atoms with Crippen LogP contribution >= 0.6 is 0 Å². The smallest absolute Gasteiger partial charge is 0.338 e. The van der Waals surface area contributed by atoms with E-state index in [2.05, 4.69) is 5.32 Å². The van der Waals surface area contributed by atoms with Crippen molar-refractivity contribution in [3.8, 4) is 0 Å². The summed E-state index contributed by atoms with van der Waals surface area (Å²) in [4.78, 5) is 21.2. The Balaban J connectivity index is 2.26. The molecule has 1 fully saturated rings. The van der Waals surface area contributed by atoms with E-state index in [0.29, 0.717) is 12.1 Å². The predicted octanol–water partition coefficient (Wildman–Crippen LogP) is 2.01. The third kappa shape index (κ3) is 3.05. The van der Waals surface area contributed by atoms with Crippen molar-refractivity contribution in [2.45, 2.75) is 37.8 Å². The lowest BCUT2D eigenvalue weighted by atomic mass is 9.92. The SMILES string of the molecule is O=C(O)c1cc([N+](=O)[O-])ccc1NC1CCCCC1O. The molecule has 0 bridgehead atoms. The lowest BCUT2D eigenvalue weighted by molar-refractivity contribution is -0.384. The first kappa shape index (κ1) is 14.3. The molecular weight excluding hydrogens is 264 g/mol. The second-order valence-corrected chi connectivity index (χ2v) is 4.89. The molecule has 0 aromatic heterocycles. The lowest BCUT2D eigenvalue weighted by Crippen LogP contribution is -2.36. The van der Waals surface area contributed by atoms with Crippen LogP contribution in [0.5, 0.6) is 0 Å². The maximum atomic E-state index is 11.2. The number of hydrogen-bond acceptors (Lipinski definition) is 5. The largest absolute Gasteiger partial charge is 0.478 e.